The number of nitrogens with two attached hydrogens (primary N) is 1. The third-order valence-electron chi connectivity index (χ3n) is 3.83. The molecule has 4 N–H and O–H groups in total. The smallest absolute Gasteiger partial charge is 0.288 e. The Morgan fingerprint density at radius 1 is 1.57 bits per heavy atom. The zero-order valence-electron chi connectivity index (χ0n) is 11.5. The van der Waals surface area contributed by atoms with Crippen molar-refractivity contribution in [2.45, 2.75) is 31.7 Å². The summed E-state index contributed by atoms with van der Waals surface area (Å²) < 4.78 is 0. The van der Waals surface area contributed by atoms with Crippen molar-refractivity contribution < 1.29 is 14.8 Å². The third kappa shape index (κ3) is 3.46. The van der Waals surface area contributed by atoms with Crippen LogP contribution in [0.4, 0.5) is 11.5 Å². The van der Waals surface area contributed by atoms with E-state index >= 15 is 0 Å². The first-order valence-electron chi connectivity index (χ1n) is 6.84. The van der Waals surface area contributed by atoms with E-state index in [0.29, 0.717) is 12.3 Å². The minimum Gasteiger partial charge on any atom is -0.396 e. The lowest BCUT2D eigenvalue weighted by atomic mass is 10.00. The number of nitrogens with one attached hydrogen (secondary N) is 1. The van der Waals surface area contributed by atoms with Gasteiger partial charge in [0.25, 0.3) is 11.6 Å². The summed E-state index contributed by atoms with van der Waals surface area (Å²) in [5.74, 6) is -0.193. The van der Waals surface area contributed by atoms with Gasteiger partial charge in [0.2, 0.25) is 0 Å². The van der Waals surface area contributed by atoms with E-state index in [2.05, 4.69) is 10.3 Å². The number of nitro groups is 1. The van der Waals surface area contributed by atoms with Crippen LogP contribution < -0.4 is 11.1 Å². The molecule has 1 fully saturated rings. The van der Waals surface area contributed by atoms with Crippen molar-refractivity contribution in [2.24, 2.45) is 11.7 Å². The molecular weight excluding hydrogens is 276 g/mol. The lowest BCUT2D eigenvalue weighted by Crippen LogP contribution is -2.27. The van der Waals surface area contributed by atoms with Gasteiger partial charge in [-0.1, -0.05) is 6.42 Å². The molecule has 8 nitrogen and oxygen atoms in total. The molecule has 1 aliphatic rings. The summed E-state index contributed by atoms with van der Waals surface area (Å²) in [6.45, 7) is 0.110. The lowest BCUT2D eigenvalue weighted by Gasteiger charge is -2.21. The molecule has 0 spiro atoms. The van der Waals surface area contributed by atoms with Gasteiger partial charge in [0.15, 0.2) is 0 Å². The van der Waals surface area contributed by atoms with Crippen molar-refractivity contribution >= 4 is 17.4 Å². The van der Waals surface area contributed by atoms with Crippen LogP contribution in [0.25, 0.3) is 0 Å². The minimum atomic E-state index is -0.759. The van der Waals surface area contributed by atoms with E-state index < -0.39 is 10.8 Å². The van der Waals surface area contributed by atoms with Crippen LogP contribution in [0.1, 0.15) is 36.0 Å². The molecular formula is C13H18N4O4. The number of carbonyl (C=O) groups is 1. The van der Waals surface area contributed by atoms with Crippen molar-refractivity contribution in [3.8, 4) is 0 Å². The number of primary amides is 1. The highest BCUT2D eigenvalue weighted by Crippen LogP contribution is 2.31. The zero-order valence-corrected chi connectivity index (χ0v) is 11.5. The Balaban J connectivity index is 2.23. The summed E-state index contributed by atoms with van der Waals surface area (Å²) in [6.07, 6.45) is 4.71. The molecule has 2 atom stereocenters. The summed E-state index contributed by atoms with van der Waals surface area (Å²) in [4.78, 5) is 25.5. The van der Waals surface area contributed by atoms with Gasteiger partial charge in [-0.05, 0) is 25.2 Å². The lowest BCUT2D eigenvalue weighted by molar-refractivity contribution is -0.385. The van der Waals surface area contributed by atoms with E-state index in [4.69, 9.17) is 10.8 Å². The van der Waals surface area contributed by atoms with Crippen LogP contribution in [0.15, 0.2) is 12.3 Å². The maximum absolute atomic E-state index is 11.5. The van der Waals surface area contributed by atoms with Crippen LogP contribution >= 0.6 is 0 Å². The Morgan fingerprint density at radius 3 is 2.95 bits per heavy atom. The van der Waals surface area contributed by atoms with Crippen LogP contribution in [0.5, 0.6) is 0 Å². The summed E-state index contributed by atoms with van der Waals surface area (Å²) >= 11 is 0. The topological polar surface area (TPSA) is 131 Å². The van der Waals surface area contributed by atoms with Crippen LogP contribution in [0.2, 0.25) is 0 Å². The van der Waals surface area contributed by atoms with Gasteiger partial charge in [0.1, 0.15) is 12.0 Å². The number of hydrogen-bond acceptors (Lipinski definition) is 6. The molecule has 2 rings (SSSR count). The van der Waals surface area contributed by atoms with Crippen molar-refractivity contribution in [3.05, 3.63) is 27.9 Å². The van der Waals surface area contributed by atoms with Crippen LogP contribution in [0.3, 0.4) is 0 Å². The highest BCUT2D eigenvalue weighted by atomic mass is 16.6. The van der Waals surface area contributed by atoms with Gasteiger partial charge in [-0.3, -0.25) is 14.9 Å². The Morgan fingerprint density at radius 2 is 2.33 bits per heavy atom. The SMILES string of the molecule is NC(=O)c1cc([N+](=O)[O-])cnc1NC1CCCC1CCO. The van der Waals surface area contributed by atoms with Crippen molar-refractivity contribution in [1.29, 1.82) is 0 Å². The highest BCUT2D eigenvalue weighted by molar-refractivity contribution is 5.98. The molecule has 8 heteroatoms. The molecule has 0 saturated heterocycles. The molecule has 114 valence electrons. The standard InChI is InChI=1S/C13H18N4O4/c14-12(19)10-6-9(17(20)21)7-15-13(10)16-11-3-1-2-8(11)4-5-18/h6-8,11,18H,1-5H2,(H2,14,19)(H,15,16). The Kier molecular flexibility index (Phi) is 4.69. The van der Waals surface area contributed by atoms with Crippen molar-refractivity contribution in [1.82, 2.24) is 4.98 Å². The molecule has 1 aromatic rings. The van der Waals surface area contributed by atoms with Gasteiger partial charge < -0.3 is 16.2 Å². The Hall–Kier alpha value is -2.22. The van der Waals surface area contributed by atoms with Crippen molar-refractivity contribution in [3.63, 3.8) is 0 Å². The predicted molar refractivity (Wildman–Crippen MR) is 75.9 cm³/mol. The molecule has 0 radical (unpaired) electrons. The maximum atomic E-state index is 11.5. The minimum absolute atomic E-state index is 0.0128. The number of anilines is 1. The molecule has 0 bridgehead atoms. The number of hydrogen-bond donors (Lipinski definition) is 3. The Bertz CT molecular complexity index is 549. The molecule has 1 saturated carbocycles. The zero-order chi connectivity index (χ0) is 15.4. The number of aliphatic hydroxyl groups is 1. The number of aliphatic hydroxyl groups excluding tert-OH is 1. The van der Waals surface area contributed by atoms with Crippen LogP contribution in [-0.4, -0.2) is 33.6 Å². The van der Waals surface area contributed by atoms with Crippen LogP contribution in [-0.2, 0) is 0 Å². The average molecular weight is 294 g/mol. The molecule has 1 aliphatic carbocycles. The Labute approximate surface area is 121 Å². The fraction of sp³-hybridized carbons (Fsp3) is 0.538. The van der Waals surface area contributed by atoms with Crippen molar-refractivity contribution in [2.75, 3.05) is 11.9 Å². The van der Waals surface area contributed by atoms with Gasteiger partial charge in [-0.2, -0.15) is 0 Å². The first kappa shape index (κ1) is 15.2. The number of rotatable bonds is 6. The molecule has 0 aliphatic heterocycles. The summed E-state index contributed by atoms with van der Waals surface area (Å²) in [5.41, 5.74) is 5.01. The average Bonchev–Trinajstić information content (AvgIpc) is 2.86. The van der Waals surface area contributed by atoms with E-state index in [1.54, 1.807) is 0 Å². The summed E-state index contributed by atoms with van der Waals surface area (Å²) in [7, 11) is 0. The second kappa shape index (κ2) is 6.49. The summed E-state index contributed by atoms with van der Waals surface area (Å²) in [6, 6.07) is 1.22. The van der Waals surface area contributed by atoms with E-state index in [-0.39, 0.29) is 29.7 Å². The molecule has 21 heavy (non-hydrogen) atoms. The van der Waals surface area contributed by atoms with Gasteiger partial charge in [0, 0.05) is 18.7 Å². The monoisotopic (exact) mass is 294 g/mol. The third-order valence-corrected chi connectivity index (χ3v) is 3.83. The quantitative estimate of drug-likeness (QED) is 0.531. The number of carbonyl (C=O) groups excluding carboxylic acids is 1. The second-order valence-electron chi connectivity index (χ2n) is 5.17. The number of amides is 1. The van der Waals surface area contributed by atoms with Gasteiger partial charge in [-0.15, -0.1) is 0 Å². The number of pyridine rings is 1. The first-order chi connectivity index (χ1) is 10.0. The van der Waals surface area contributed by atoms with E-state index in [1.807, 2.05) is 0 Å². The number of nitrogens with zero attached hydrogens (tertiary/aromatic N) is 2. The molecule has 2 unspecified atom stereocenters. The highest BCUT2D eigenvalue weighted by Gasteiger charge is 2.28. The largest absolute Gasteiger partial charge is 0.396 e. The van der Waals surface area contributed by atoms with Gasteiger partial charge in [-0.25, -0.2) is 4.98 Å². The fourth-order valence-corrected chi connectivity index (χ4v) is 2.77. The van der Waals surface area contributed by atoms with Gasteiger partial charge >= 0.3 is 0 Å². The number of aromatic nitrogens is 1. The van der Waals surface area contributed by atoms with Crippen LogP contribution in [0, 0.1) is 16.0 Å². The van der Waals surface area contributed by atoms with E-state index in [9.17, 15) is 14.9 Å². The molecule has 1 heterocycles. The molecule has 0 aromatic carbocycles. The second-order valence-corrected chi connectivity index (χ2v) is 5.17. The van der Waals surface area contributed by atoms with Gasteiger partial charge in [0.05, 0.1) is 10.5 Å². The predicted octanol–water partition coefficient (Wildman–Crippen LogP) is 1.05. The van der Waals surface area contributed by atoms with E-state index in [0.717, 1.165) is 31.5 Å². The fourth-order valence-electron chi connectivity index (χ4n) is 2.77. The summed E-state index contributed by atoms with van der Waals surface area (Å²) in [5, 5.41) is 22.9. The maximum Gasteiger partial charge on any atom is 0.288 e. The molecule has 1 amide bonds. The normalized spacial score (nSPS) is 21.2. The van der Waals surface area contributed by atoms with E-state index in [1.165, 1.54) is 0 Å². The molecule has 1 aromatic heterocycles. The first-order valence-corrected chi connectivity index (χ1v) is 6.84.